The van der Waals surface area contributed by atoms with Crippen molar-refractivity contribution in [3.63, 3.8) is 0 Å². The molecule has 4 N–H and O–H groups in total. The zero-order chi connectivity index (χ0) is 10.1. The fraction of sp³-hybridized carbons (Fsp3) is 0. The van der Waals surface area contributed by atoms with Gasteiger partial charge in [0, 0.05) is 0 Å². The van der Waals surface area contributed by atoms with Gasteiger partial charge in [-0.1, -0.05) is 0 Å². The summed E-state index contributed by atoms with van der Waals surface area (Å²) in [6.07, 6.45) is 1.41. The number of H-pyrrole nitrogens is 1. The number of nitrogens with two attached hydrogens (primary N) is 1. The largest absolute Gasteiger partial charge is 0.376 e. The third-order valence-electron chi connectivity index (χ3n) is 1.82. The van der Waals surface area contributed by atoms with E-state index in [9.17, 15) is 4.39 Å². The standard InChI is InChI=1S/C8H7FN4S/c9-5-1-2-6(12-8(10)14)7-4(5)3-11-13-7/h1-3H,(H,11,13)(H3,10,12,14). The number of benzene rings is 1. The Morgan fingerprint density at radius 3 is 3.07 bits per heavy atom. The lowest BCUT2D eigenvalue weighted by molar-refractivity contribution is 0.640. The minimum Gasteiger partial charge on any atom is -0.376 e. The second kappa shape index (κ2) is 3.22. The molecule has 0 unspecified atom stereocenters. The first kappa shape index (κ1) is 8.89. The normalized spacial score (nSPS) is 10.4. The third-order valence-corrected chi connectivity index (χ3v) is 1.92. The Morgan fingerprint density at radius 2 is 2.36 bits per heavy atom. The van der Waals surface area contributed by atoms with Gasteiger partial charge in [0.2, 0.25) is 0 Å². The third kappa shape index (κ3) is 1.39. The van der Waals surface area contributed by atoms with Crippen LogP contribution in [0.5, 0.6) is 0 Å². The number of aromatic amines is 1. The number of halogens is 1. The van der Waals surface area contributed by atoms with Crippen molar-refractivity contribution in [1.29, 1.82) is 0 Å². The van der Waals surface area contributed by atoms with Crippen molar-refractivity contribution < 1.29 is 4.39 Å². The van der Waals surface area contributed by atoms with Gasteiger partial charge in [0.15, 0.2) is 5.11 Å². The van der Waals surface area contributed by atoms with Crippen molar-refractivity contribution >= 4 is 33.9 Å². The van der Waals surface area contributed by atoms with Crippen molar-refractivity contribution in [2.45, 2.75) is 0 Å². The summed E-state index contributed by atoms with van der Waals surface area (Å²) in [7, 11) is 0. The molecule has 1 aromatic heterocycles. The van der Waals surface area contributed by atoms with Crippen LogP contribution in [0, 0.1) is 5.82 Å². The lowest BCUT2D eigenvalue weighted by Crippen LogP contribution is -2.19. The number of thiocarbonyl (C=S) groups is 1. The Hall–Kier alpha value is -1.69. The number of anilines is 1. The number of rotatable bonds is 1. The average molecular weight is 210 g/mol. The predicted molar refractivity (Wildman–Crippen MR) is 56.5 cm³/mol. The van der Waals surface area contributed by atoms with Crippen molar-refractivity contribution in [3.8, 4) is 0 Å². The van der Waals surface area contributed by atoms with E-state index in [-0.39, 0.29) is 10.9 Å². The van der Waals surface area contributed by atoms with Gasteiger partial charge in [-0.25, -0.2) is 4.39 Å². The van der Waals surface area contributed by atoms with Gasteiger partial charge in [0.25, 0.3) is 0 Å². The molecular formula is C8H7FN4S. The van der Waals surface area contributed by atoms with E-state index in [4.69, 9.17) is 5.73 Å². The highest BCUT2D eigenvalue weighted by Gasteiger charge is 2.07. The first-order chi connectivity index (χ1) is 6.68. The van der Waals surface area contributed by atoms with Gasteiger partial charge in [0.05, 0.1) is 22.8 Å². The summed E-state index contributed by atoms with van der Waals surface area (Å²) < 4.78 is 13.2. The number of fused-ring (bicyclic) bond motifs is 1. The molecule has 0 aliphatic rings. The molecule has 0 amide bonds. The summed E-state index contributed by atoms with van der Waals surface area (Å²) in [5.74, 6) is -0.331. The molecule has 0 bridgehead atoms. The molecule has 0 aliphatic carbocycles. The van der Waals surface area contributed by atoms with Gasteiger partial charge < -0.3 is 11.1 Å². The van der Waals surface area contributed by atoms with E-state index in [2.05, 4.69) is 27.7 Å². The van der Waals surface area contributed by atoms with Gasteiger partial charge in [0.1, 0.15) is 5.82 Å². The summed E-state index contributed by atoms with van der Waals surface area (Å²) in [4.78, 5) is 0. The topological polar surface area (TPSA) is 66.7 Å². The quantitative estimate of drug-likeness (QED) is 0.622. The van der Waals surface area contributed by atoms with Gasteiger partial charge >= 0.3 is 0 Å². The summed E-state index contributed by atoms with van der Waals surface area (Å²) in [6, 6.07) is 2.88. The Morgan fingerprint density at radius 1 is 1.57 bits per heavy atom. The van der Waals surface area contributed by atoms with Crippen LogP contribution in [0.1, 0.15) is 0 Å². The summed E-state index contributed by atoms with van der Waals surface area (Å²) in [5, 5.41) is 9.68. The van der Waals surface area contributed by atoms with Gasteiger partial charge in [-0.3, -0.25) is 5.10 Å². The number of hydrogen-bond acceptors (Lipinski definition) is 2. The van der Waals surface area contributed by atoms with Gasteiger partial charge in [-0.05, 0) is 24.4 Å². The lowest BCUT2D eigenvalue weighted by Gasteiger charge is -2.04. The minimum absolute atomic E-state index is 0.132. The zero-order valence-electron chi connectivity index (χ0n) is 7.04. The summed E-state index contributed by atoms with van der Waals surface area (Å²) >= 11 is 4.69. The van der Waals surface area contributed by atoms with E-state index in [0.717, 1.165) is 0 Å². The van der Waals surface area contributed by atoms with E-state index in [1.165, 1.54) is 12.3 Å². The highest BCUT2D eigenvalue weighted by Crippen LogP contribution is 2.23. The van der Waals surface area contributed by atoms with Crippen LogP contribution in [-0.2, 0) is 0 Å². The van der Waals surface area contributed by atoms with Gasteiger partial charge in [-0.2, -0.15) is 5.10 Å². The molecule has 4 nitrogen and oxygen atoms in total. The molecule has 2 rings (SSSR count). The second-order valence-electron chi connectivity index (χ2n) is 2.74. The van der Waals surface area contributed by atoms with Crippen molar-refractivity contribution in [3.05, 3.63) is 24.1 Å². The van der Waals surface area contributed by atoms with Crippen molar-refractivity contribution in [1.82, 2.24) is 10.2 Å². The molecule has 1 aromatic carbocycles. The van der Waals surface area contributed by atoms with Crippen LogP contribution in [0.3, 0.4) is 0 Å². The molecule has 0 spiro atoms. The molecule has 0 radical (unpaired) electrons. The van der Waals surface area contributed by atoms with Crippen molar-refractivity contribution in [2.75, 3.05) is 5.32 Å². The molecule has 14 heavy (non-hydrogen) atoms. The van der Waals surface area contributed by atoms with Crippen LogP contribution in [0.2, 0.25) is 0 Å². The van der Waals surface area contributed by atoms with E-state index in [1.807, 2.05) is 0 Å². The molecule has 1 heterocycles. The maximum absolute atomic E-state index is 13.2. The molecule has 0 aliphatic heterocycles. The molecule has 0 atom stereocenters. The molecule has 0 saturated heterocycles. The number of aromatic nitrogens is 2. The average Bonchev–Trinajstić information content (AvgIpc) is 2.58. The second-order valence-corrected chi connectivity index (χ2v) is 3.18. The smallest absolute Gasteiger partial charge is 0.168 e. The molecular weight excluding hydrogens is 203 g/mol. The Balaban J connectivity index is 2.60. The Bertz CT molecular complexity index is 493. The van der Waals surface area contributed by atoms with Crippen molar-refractivity contribution in [2.24, 2.45) is 5.73 Å². The van der Waals surface area contributed by atoms with Crippen LogP contribution < -0.4 is 11.1 Å². The molecule has 2 aromatic rings. The lowest BCUT2D eigenvalue weighted by atomic mass is 10.2. The maximum Gasteiger partial charge on any atom is 0.168 e. The van der Waals surface area contributed by atoms with E-state index in [0.29, 0.717) is 16.6 Å². The maximum atomic E-state index is 13.2. The zero-order valence-corrected chi connectivity index (χ0v) is 7.86. The number of nitrogens with zero attached hydrogens (tertiary/aromatic N) is 1. The van der Waals surface area contributed by atoms with E-state index in [1.54, 1.807) is 6.07 Å². The molecule has 6 heteroatoms. The summed E-state index contributed by atoms with van der Waals surface area (Å²) in [5.41, 5.74) is 6.49. The molecule has 0 saturated carbocycles. The first-order valence-corrected chi connectivity index (χ1v) is 4.27. The SMILES string of the molecule is NC(=S)Nc1ccc(F)c2cn[nH]c12. The molecule has 0 fully saturated rings. The van der Waals surface area contributed by atoms with Crippen LogP contribution in [0.15, 0.2) is 18.3 Å². The predicted octanol–water partition coefficient (Wildman–Crippen LogP) is 1.36. The fourth-order valence-corrected chi connectivity index (χ4v) is 1.35. The summed E-state index contributed by atoms with van der Waals surface area (Å²) in [6.45, 7) is 0. The van der Waals surface area contributed by atoms with Crippen LogP contribution in [0.25, 0.3) is 10.9 Å². The highest BCUT2D eigenvalue weighted by molar-refractivity contribution is 7.80. The minimum atomic E-state index is -0.331. The van der Waals surface area contributed by atoms with Crippen LogP contribution in [-0.4, -0.2) is 15.3 Å². The number of nitrogens with one attached hydrogen (secondary N) is 2. The van der Waals surface area contributed by atoms with E-state index < -0.39 is 0 Å². The number of hydrogen-bond donors (Lipinski definition) is 3. The van der Waals surface area contributed by atoms with Crippen LogP contribution >= 0.6 is 12.2 Å². The highest BCUT2D eigenvalue weighted by atomic mass is 32.1. The molecule has 72 valence electrons. The Kier molecular flexibility index (Phi) is 2.05. The van der Waals surface area contributed by atoms with Gasteiger partial charge in [-0.15, -0.1) is 0 Å². The monoisotopic (exact) mass is 210 g/mol. The Labute approximate surface area is 84.3 Å². The van der Waals surface area contributed by atoms with E-state index >= 15 is 0 Å². The fourth-order valence-electron chi connectivity index (χ4n) is 1.24. The van der Waals surface area contributed by atoms with Crippen LogP contribution in [0.4, 0.5) is 10.1 Å². The first-order valence-electron chi connectivity index (χ1n) is 3.86.